The summed E-state index contributed by atoms with van der Waals surface area (Å²) in [5, 5.41) is 0. The molecule has 3 aliphatic rings. The molecule has 1 saturated heterocycles. The Hall–Kier alpha value is -2.69. The van der Waals surface area contributed by atoms with Gasteiger partial charge in [-0.05, 0) is 30.4 Å². The molecule has 134 valence electrons. The van der Waals surface area contributed by atoms with Crippen molar-refractivity contribution in [2.45, 2.75) is 19.3 Å². The summed E-state index contributed by atoms with van der Waals surface area (Å²) in [6, 6.07) is 10.1. The predicted molar refractivity (Wildman–Crippen MR) is 97.7 cm³/mol. The molecular weight excluding hydrogens is 328 g/mol. The molecule has 0 radical (unpaired) electrons. The third-order valence-corrected chi connectivity index (χ3v) is 5.60. The predicted octanol–water partition coefficient (Wildman–Crippen LogP) is 2.25. The number of allylic oxidation sites excluding steroid dienone is 2. The van der Waals surface area contributed by atoms with Gasteiger partial charge in [0, 0.05) is 13.1 Å². The monoisotopic (exact) mass is 350 g/mol. The smallest absolute Gasteiger partial charge is 0.243 e. The summed E-state index contributed by atoms with van der Waals surface area (Å²) >= 11 is 0. The van der Waals surface area contributed by atoms with E-state index in [4.69, 9.17) is 0 Å². The molecule has 26 heavy (non-hydrogen) atoms. The fourth-order valence-electron chi connectivity index (χ4n) is 4.07. The van der Waals surface area contributed by atoms with Gasteiger partial charge in [-0.2, -0.15) is 0 Å². The molecule has 3 amide bonds. The van der Waals surface area contributed by atoms with Crippen LogP contribution in [-0.2, 0) is 14.4 Å². The summed E-state index contributed by atoms with van der Waals surface area (Å²) in [4.78, 5) is 40.5. The number of rotatable bonds is 3. The van der Waals surface area contributed by atoms with E-state index in [1.54, 1.807) is 4.90 Å². The van der Waals surface area contributed by atoms with Crippen LogP contribution < -0.4 is 0 Å². The van der Waals surface area contributed by atoms with Crippen molar-refractivity contribution in [3.63, 3.8) is 0 Å². The minimum atomic E-state index is -0.272. The summed E-state index contributed by atoms with van der Waals surface area (Å²) < 4.78 is 0. The molecule has 2 aliphatic heterocycles. The number of hydrogen-bond acceptors (Lipinski definition) is 3. The number of hydrogen-bond donors (Lipinski definition) is 0. The van der Waals surface area contributed by atoms with Crippen LogP contribution in [0.15, 0.2) is 48.6 Å². The van der Waals surface area contributed by atoms with E-state index in [0.29, 0.717) is 25.9 Å². The van der Waals surface area contributed by atoms with Gasteiger partial charge in [0.1, 0.15) is 6.54 Å². The van der Waals surface area contributed by atoms with Crippen molar-refractivity contribution in [3.05, 3.63) is 54.1 Å². The lowest BCUT2D eigenvalue weighted by molar-refractivity contribution is -0.146. The number of likely N-dealkylation sites (tertiary alicyclic amines) is 1. The van der Waals surface area contributed by atoms with E-state index in [2.05, 4.69) is 18.2 Å². The van der Waals surface area contributed by atoms with Gasteiger partial charge < -0.3 is 4.90 Å². The average Bonchev–Trinajstić information content (AvgIpc) is 2.94. The molecule has 2 atom stereocenters. The quantitative estimate of drug-likeness (QED) is 0.621. The van der Waals surface area contributed by atoms with E-state index in [0.717, 1.165) is 6.42 Å². The van der Waals surface area contributed by atoms with Gasteiger partial charge in [0.25, 0.3) is 0 Å². The zero-order valence-corrected chi connectivity index (χ0v) is 14.6. The fraction of sp³-hybridized carbons (Fsp3) is 0.381. The second-order valence-corrected chi connectivity index (χ2v) is 7.10. The first-order chi connectivity index (χ1) is 12.6. The maximum Gasteiger partial charge on any atom is 0.243 e. The summed E-state index contributed by atoms with van der Waals surface area (Å²) in [7, 11) is 0. The van der Waals surface area contributed by atoms with Gasteiger partial charge in [0.05, 0.1) is 11.8 Å². The van der Waals surface area contributed by atoms with E-state index in [1.807, 2.05) is 30.4 Å². The van der Waals surface area contributed by atoms with E-state index >= 15 is 0 Å². The summed E-state index contributed by atoms with van der Waals surface area (Å²) in [6.07, 6.45) is 7.97. The molecule has 1 aliphatic carbocycles. The van der Waals surface area contributed by atoms with Gasteiger partial charge in [0.2, 0.25) is 17.7 Å². The molecule has 1 fully saturated rings. The maximum absolute atomic E-state index is 12.6. The van der Waals surface area contributed by atoms with Crippen molar-refractivity contribution >= 4 is 23.3 Å². The molecule has 0 bridgehead atoms. The van der Waals surface area contributed by atoms with E-state index < -0.39 is 0 Å². The van der Waals surface area contributed by atoms with Crippen LogP contribution in [0.4, 0.5) is 0 Å². The molecule has 0 N–H and O–H groups in total. The number of carbonyl (C=O) groups is 3. The van der Waals surface area contributed by atoms with Gasteiger partial charge in [0.15, 0.2) is 0 Å². The van der Waals surface area contributed by atoms with E-state index in [9.17, 15) is 14.4 Å². The Morgan fingerprint density at radius 3 is 2.23 bits per heavy atom. The molecule has 4 rings (SSSR count). The molecule has 0 saturated carbocycles. The first-order valence-corrected chi connectivity index (χ1v) is 9.17. The van der Waals surface area contributed by atoms with E-state index in [1.165, 1.54) is 16.0 Å². The van der Waals surface area contributed by atoms with Crippen molar-refractivity contribution < 1.29 is 14.4 Å². The Morgan fingerprint density at radius 2 is 1.65 bits per heavy atom. The van der Waals surface area contributed by atoms with Crippen LogP contribution in [0.2, 0.25) is 0 Å². The zero-order chi connectivity index (χ0) is 18.1. The lowest BCUT2D eigenvalue weighted by Crippen LogP contribution is -2.44. The van der Waals surface area contributed by atoms with Crippen LogP contribution in [0.25, 0.3) is 5.57 Å². The van der Waals surface area contributed by atoms with Crippen LogP contribution in [0.3, 0.4) is 0 Å². The highest BCUT2D eigenvalue weighted by Gasteiger charge is 2.47. The zero-order valence-electron chi connectivity index (χ0n) is 14.6. The molecule has 2 heterocycles. The van der Waals surface area contributed by atoms with Crippen LogP contribution in [-0.4, -0.2) is 47.2 Å². The minimum absolute atomic E-state index is 0.126. The molecule has 1 aromatic carbocycles. The van der Waals surface area contributed by atoms with Gasteiger partial charge in [-0.25, -0.2) is 0 Å². The molecule has 0 spiro atoms. The summed E-state index contributed by atoms with van der Waals surface area (Å²) in [5.41, 5.74) is 2.42. The number of benzene rings is 1. The molecule has 5 nitrogen and oxygen atoms in total. The number of fused-ring (bicyclic) bond motifs is 1. The lowest BCUT2D eigenvalue weighted by atomic mass is 9.85. The van der Waals surface area contributed by atoms with Gasteiger partial charge in [-0.3, -0.25) is 19.3 Å². The average molecular weight is 350 g/mol. The molecule has 1 aromatic rings. The van der Waals surface area contributed by atoms with Crippen LogP contribution in [0, 0.1) is 11.8 Å². The second kappa shape index (κ2) is 6.90. The Balaban J connectivity index is 1.40. The number of amides is 3. The normalized spacial score (nSPS) is 25.3. The minimum Gasteiger partial charge on any atom is -0.337 e. The first kappa shape index (κ1) is 16.8. The Bertz CT molecular complexity index is 771. The van der Waals surface area contributed by atoms with Crippen molar-refractivity contribution in [1.82, 2.24) is 9.80 Å². The van der Waals surface area contributed by atoms with Gasteiger partial charge >= 0.3 is 0 Å². The third kappa shape index (κ3) is 2.98. The topological polar surface area (TPSA) is 57.7 Å². The van der Waals surface area contributed by atoms with Crippen molar-refractivity contribution in [1.29, 1.82) is 0 Å². The fourth-order valence-corrected chi connectivity index (χ4v) is 4.07. The SMILES string of the molecule is O=C(CN1C(=O)C2CC=CCC2C1=O)N1CC=C(c2ccccc2)CC1. The molecule has 2 unspecified atom stereocenters. The summed E-state index contributed by atoms with van der Waals surface area (Å²) in [6.45, 7) is 1.01. The lowest BCUT2D eigenvalue weighted by Gasteiger charge is -2.28. The maximum atomic E-state index is 12.6. The first-order valence-electron chi connectivity index (χ1n) is 9.17. The van der Waals surface area contributed by atoms with Crippen LogP contribution >= 0.6 is 0 Å². The highest BCUT2D eigenvalue weighted by molar-refractivity contribution is 6.07. The molecular formula is C21H22N2O3. The van der Waals surface area contributed by atoms with Crippen molar-refractivity contribution in [2.75, 3.05) is 19.6 Å². The van der Waals surface area contributed by atoms with Gasteiger partial charge in [-0.1, -0.05) is 48.6 Å². The van der Waals surface area contributed by atoms with Crippen LogP contribution in [0.5, 0.6) is 0 Å². The third-order valence-electron chi connectivity index (χ3n) is 5.60. The highest BCUT2D eigenvalue weighted by Crippen LogP contribution is 2.35. The van der Waals surface area contributed by atoms with E-state index in [-0.39, 0.29) is 36.1 Å². The molecule has 0 aromatic heterocycles. The Kier molecular flexibility index (Phi) is 4.45. The largest absolute Gasteiger partial charge is 0.337 e. The summed E-state index contributed by atoms with van der Waals surface area (Å²) in [5.74, 6) is -1.07. The Morgan fingerprint density at radius 1 is 1.00 bits per heavy atom. The number of carbonyl (C=O) groups excluding carboxylic acids is 3. The van der Waals surface area contributed by atoms with Crippen LogP contribution in [0.1, 0.15) is 24.8 Å². The van der Waals surface area contributed by atoms with Gasteiger partial charge in [-0.15, -0.1) is 0 Å². The second-order valence-electron chi connectivity index (χ2n) is 7.10. The molecule has 5 heteroatoms. The van der Waals surface area contributed by atoms with Crippen molar-refractivity contribution in [3.8, 4) is 0 Å². The Labute approximate surface area is 153 Å². The highest BCUT2D eigenvalue weighted by atomic mass is 16.2. The number of nitrogens with zero attached hydrogens (tertiary/aromatic N) is 2. The standard InChI is InChI=1S/C21H22N2O3/c24-19(14-23-20(25)17-8-4-5-9-18(17)21(23)26)22-12-10-16(11-13-22)15-6-2-1-3-7-15/h1-7,10,17-18H,8-9,11-14H2. The number of imide groups is 1. The van der Waals surface area contributed by atoms with Crippen molar-refractivity contribution in [2.24, 2.45) is 11.8 Å².